The lowest BCUT2D eigenvalue weighted by Crippen LogP contribution is -2.40. The van der Waals surface area contributed by atoms with Gasteiger partial charge < -0.3 is 4.90 Å². The Morgan fingerprint density at radius 1 is 1.33 bits per heavy atom. The highest BCUT2D eigenvalue weighted by molar-refractivity contribution is 7.99. The standard InChI is InChI=1S/C20H28N4O2S/c1-5-27-17-11-7-6-10-16(17)19(25)23-12-8-9-15(13-23)18-21-22(4)20(26)24(18)14(2)3/h6-7,10-11,14-15H,5,8-9,12-13H2,1-4H3. The number of carbonyl (C=O) groups excluding carboxylic acids is 1. The topological polar surface area (TPSA) is 60.1 Å². The van der Waals surface area contributed by atoms with Gasteiger partial charge in [-0.25, -0.2) is 9.48 Å². The van der Waals surface area contributed by atoms with E-state index in [1.165, 1.54) is 4.68 Å². The van der Waals surface area contributed by atoms with Crippen molar-refractivity contribution >= 4 is 17.7 Å². The molecule has 1 aliphatic heterocycles. The quantitative estimate of drug-likeness (QED) is 0.738. The average molecular weight is 389 g/mol. The van der Waals surface area contributed by atoms with Crippen LogP contribution in [0, 0.1) is 0 Å². The van der Waals surface area contributed by atoms with Gasteiger partial charge in [-0.05, 0) is 44.6 Å². The van der Waals surface area contributed by atoms with E-state index in [4.69, 9.17) is 0 Å². The van der Waals surface area contributed by atoms with Crippen LogP contribution >= 0.6 is 11.8 Å². The first kappa shape index (κ1) is 19.7. The molecule has 3 rings (SSSR count). The second-order valence-corrected chi connectivity index (χ2v) is 8.55. The SMILES string of the molecule is CCSc1ccccc1C(=O)N1CCCC(c2nn(C)c(=O)n2C(C)C)C1. The summed E-state index contributed by atoms with van der Waals surface area (Å²) in [6.07, 6.45) is 1.86. The third kappa shape index (κ3) is 3.98. The lowest BCUT2D eigenvalue weighted by atomic mass is 9.96. The zero-order chi connectivity index (χ0) is 19.6. The van der Waals surface area contributed by atoms with Crippen LogP contribution in [0.5, 0.6) is 0 Å². The van der Waals surface area contributed by atoms with E-state index in [0.29, 0.717) is 6.54 Å². The number of likely N-dealkylation sites (tertiary alicyclic amines) is 1. The summed E-state index contributed by atoms with van der Waals surface area (Å²) < 4.78 is 3.17. The van der Waals surface area contributed by atoms with Gasteiger partial charge in [-0.1, -0.05) is 19.1 Å². The molecular formula is C20H28N4O2S. The molecule has 6 nitrogen and oxygen atoms in total. The zero-order valence-electron chi connectivity index (χ0n) is 16.5. The second kappa shape index (κ2) is 8.33. The summed E-state index contributed by atoms with van der Waals surface area (Å²) in [7, 11) is 1.69. The fraction of sp³-hybridized carbons (Fsp3) is 0.550. The Labute approximate surface area is 164 Å². The molecule has 2 heterocycles. The van der Waals surface area contributed by atoms with Crippen molar-refractivity contribution in [3.05, 3.63) is 46.1 Å². The molecule has 1 saturated heterocycles. The Hall–Kier alpha value is -2.02. The molecule has 1 fully saturated rings. The minimum Gasteiger partial charge on any atom is -0.338 e. The monoisotopic (exact) mass is 388 g/mol. The minimum atomic E-state index is -0.0897. The Bertz CT molecular complexity index is 871. The van der Waals surface area contributed by atoms with Crippen molar-refractivity contribution < 1.29 is 4.79 Å². The number of aromatic nitrogens is 3. The highest BCUT2D eigenvalue weighted by Crippen LogP contribution is 2.29. The lowest BCUT2D eigenvalue weighted by Gasteiger charge is -2.33. The van der Waals surface area contributed by atoms with E-state index >= 15 is 0 Å². The van der Waals surface area contributed by atoms with Gasteiger partial charge in [0.05, 0.1) is 5.56 Å². The number of thioether (sulfide) groups is 1. The van der Waals surface area contributed by atoms with Gasteiger partial charge in [-0.2, -0.15) is 5.10 Å². The summed E-state index contributed by atoms with van der Waals surface area (Å²) in [5.74, 6) is 1.89. The molecule has 1 unspecified atom stereocenters. The van der Waals surface area contributed by atoms with Crippen molar-refractivity contribution in [1.29, 1.82) is 0 Å². The van der Waals surface area contributed by atoms with Crippen molar-refractivity contribution in [2.24, 2.45) is 7.05 Å². The summed E-state index contributed by atoms with van der Waals surface area (Å²) in [4.78, 5) is 28.5. The summed E-state index contributed by atoms with van der Waals surface area (Å²) in [5.41, 5.74) is 0.681. The summed E-state index contributed by atoms with van der Waals surface area (Å²) in [6.45, 7) is 7.44. The number of rotatable bonds is 5. The normalized spacial score (nSPS) is 17.5. The summed E-state index contributed by atoms with van der Waals surface area (Å²) in [5, 5.41) is 4.49. The average Bonchev–Trinajstić information content (AvgIpc) is 2.97. The largest absolute Gasteiger partial charge is 0.345 e. The highest BCUT2D eigenvalue weighted by Gasteiger charge is 2.30. The van der Waals surface area contributed by atoms with E-state index in [1.54, 1.807) is 23.4 Å². The number of nitrogens with zero attached hydrogens (tertiary/aromatic N) is 4. The first-order valence-corrected chi connectivity index (χ1v) is 10.6. The molecule has 0 spiro atoms. The number of hydrogen-bond donors (Lipinski definition) is 0. The van der Waals surface area contributed by atoms with Crippen molar-refractivity contribution in [1.82, 2.24) is 19.2 Å². The van der Waals surface area contributed by atoms with E-state index < -0.39 is 0 Å². The van der Waals surface area contributed by atoms with Crippen molar-refractivity contribution in [3.8, 4) is 0 Å². The van der Waals surface area contributed by atoms with Gasteiger partial charge >= 0.3 is 5.69 Å². The first-order valence-electron chi connectivity index (χ1n) is 9.60. The molecule has 0 radical (unpaired) electrons. The van der Waals surface area contributed by atoms with Gasteiger partial charge in [0.1, 0.15) is 5.82 Å². The molecule has 0 bridgehead atoms. The number of hydrogen-bond acceptors (Lipinski definition) is 4. The predicted octanol–water partition coefficient (Wildman–Crippen LogP) is 3.29. The third-order valence-electron chi connectivity index (χ3n) is 4.99. The Kier molecular flexibility index (Phi) is 6.09. The molecule has 146 valence electrons. The van der Waals surface area contributed by atoms with E-state index in [9.17, 15) is 9.59 Å². The number of benzene rings is 1. The van der Waals surface area contributed by atoms with Crippen LogP contribution in [-0.4, -0.2) is 44.0 Å². The Morgan fingerprint density at radius 2 is 2.07 bits per heavy atom. The number of amides is 1. The van der Waals surface area contributed by atoms with E-state index in [2.05, 4.69) is 12.0 Å². The number of carbonyl (C=O) groups is 1. The van der Waals surface area contributed by atoms with Crippen LogP contribution in [0.4, 0.5) is 0 Å². The number of piperidine rings is 1. The van der Waals surface area contributed by atoms with Gasteiger partial charge in [-0.3, -0.25) is 9.36 Å². The van der Waals surface area contributed by atoms with Crippen LogP contribution in [0.1, 0.15) is 61.8 Å². The molecule has 1 aromatic heterocycles. The molecule has 1 atom stereocenters. The van der Waals surface area contributed by atoms with E-state index in [1.807, 2.05) is 43.0 Å². The van der Waals surface area contributed by atoms with Crippen molar-refractivity contribution in [2.45, 2.75) is 50.5 Å². The van der Waals surface area contributed by atoms with Gasteiger partial charge in [0.25, 0.3) is 5.91 Å². The lowest BCUT2D eigenvalue weighted by molar-refractivity contribution is 0.0699. The molecule has 0 aliphatic carbocycles. The Balaban J connectivity index is 1.86. The van der Waals surface area contributed by atoms with Crippen LogP contribution in [0.3, 0.4) is 0 Å². The van der Waals surface area contributed by atoms with Crippen molar-refractivity contribution in [3.63, 3.8) is 0 Å². The third-order valence-corrected chi connectivity index (χ3v) is 5.95. The maximum Gasteiger partial charge on any atom is 0.345 e. The smallest absolute Gasteiger partial charge is 0.338 e. The molecule has 0 N–H and O–H groups in total. The summed E-state index contributed by atoms with van der Waals surface area (Å²) in [6, 6.07) is 7.87. The first-order chi connectivity index (χ1) is 12.9. The molecular weight excluding hydrogens is 360 g/mol. The fourth-order valence-corrected chi connectivity index (χ4v) is 4.53. The molecule has 1 aromatic carbocycles. The zero-order valence-corrected chi connectivity index (χ0v) is 17.3. The molecule has 27 heavy (non-hydrogen) atoms. The van der Waals surface area contributed by atoms with Crippen LogP contribution in [0.2, 0.25) is 0 Å². The maximum absolute atomic E-state index is 13.2. The van der Waals surface area contributed by atoms with E-state index in [-0.39, 0.29) is 23.6 Å². The molecule has 2 aromatic rings. The molecule has 1 aliphatic rings. The highest BCUT2D eigenvalue weighted by atomic mass is 32.2. The molecule has 0 saturated carbocycles. The van der Waals surface area contributed by atoms with Gasteiger partial charge in [0, 0.05) is 37.0 Å². The van der Waals surface area contributed by atoms with Crippen LogP contribution < -0.4 is 5.69 Å². The molecule has 7 heteroatoms. The van der Waals surface area contributed by atoms with Crippen LogP contribution in [-0.2, 0) is 7.05 Å². The van der Waals surface area contributed by atoms with Gasteiger partial charge in [0.15, 0.2) is 0 Å². The fourth-order valence-electron chi connectivity index (χ4n) is 3.73. The van der Waals surface area contributed by atoms with Crippen molar-refractivity contribution in [2.75, 3.05) is 18.8 Å². The summed E-state index contributed by atoms with van der Waals surface area (Å²) >= 11 is 1.69. The van der Waals surface area contributed by atoms with Crippen LogP contribution in [0.15, 0.2) is 34.0 Å². The van der Waals surface area contributed by atoms with Crippen LogP contribution in [0.25, 0.3) is 0 Å². The Morgan fingerprint density at radius 3 is 2.78 bits per heavy atom. The maximum atomic E-state index is 13.2. The van der Waals surface area contributed by atoms with Gasteiger partial charge in [-0.15, -0.1) is 11.8 Å². The van der Waals surface area contributed by atoms with Gasteiger partial charge in [0.2, 0.25) is 0 Å². The second-order valence-electron chi connectivity index (χ2n) is 7.25. The predicted molar refractivity (Wildman–Crippen MR) is 109 cm³/mol. The number of aryl methyl sites for hydroxylation is 1. The van der Waals surface area contributed by atoms with E-state index in [0.717, 1.165) is 41.4 Å². The molecule has 1 amide bonds. The minimum absolute atomic E-state index is 0.0500.